The van der Waals surface area contributed by atoms with Crippen molar-refractivity contribution in [3.05, 3.63) is 52.7 Å². The lowest BCUT2D eigenvalue weighted by molar-refractivity contribution is 0.458. The van der Waals surface area contributed by atoms with Crippen LogP contribution in [0.3, 0.4) is 0 Å². The summed E-state index contributed by atoms with van der Waals surface area (Å²) in [6, 6.07) is 8.25. The fourth-order valence-corrected chi connectivity index (χ4v) is 2.21. The largest absolute Gasteiger partial charge is 0.439 e. The van der Waals surface area contributed by atoms with E-state index in [1.54, 1.807) is 0 Å². The van der Waals surface area contributed by atoms with E-state index >= 15 is 0 Å². The molecule has 2 nitrogen and oxygen atoms in total. The summed E-state index contributed by atoms with van der Waals surface area (Å²) in [4.78, 5) is 4.35. The Kier molecular flexibility index (Phi) is 4.02. The fraction of sp³-hybridized carbons (Fsp3) is 0.267. The lowest BCUT2D eigenvalue weighted by Crippen LogP contribution is -1.93. The number of nitrogens with zero attached hydrogens (tertiary/aromatic N) is 1. The van der Waals surface area contributed by atoms with Crippen LogP contribution in [0.2, 0.25) is 0 Å². The highest BCUT2D eigenvalue weighted by Crippen LogP contribution is 2.25. The molecule has 3 heteroatoms. The average Bonchev–Trinajstić information content (AvgIpc) is 2.30. The van der Waals surface area contributed by atoms with Crippen molar-refractivity contribution >= 4 is 15.9 Å². The van der Waals surface area contributed by atoms with Crippen LogP contribution in [0.5, 0.6) is 11.6 Å². The highest BCUT2D eigenvalue weighted by molar-refractivity contribution is 9.08. The van der Waals surface area contributed by atoms with E-state index in [9.17, 15) is 0 Å². The molecule has 18 heavy (non-hydrogen) atoms. The van der Waals surface area contributed by atoms with Gasteiger partial charge in [-0.2, -0.15) is 0 Å². The van der Waals surface area contributed by atoms with E-state index in [2.05, 4.69) is 46.9 Å². The van der Waals surface area contributed by atoms with Gasteiger partial charge in [0.15, 0.2) is 0 Å². The van der Waals surface area contributed by atoms with E-state index in [-0.39, 0.29) is 0 Å². The lowest BCUT2D eigenvalue weighted by Gasteiger charge is -2.09. The Hall–Kier alpha value is -1.35. The first-order valence-electron chi connectivity index (χ1n) is 5.86. The Morgan fingerprint density at radius 1 is 1.06 bits per heavy atom. The molecule has 0 saturated heterocycles. The molecule has 0 fully saturated rings. The smallest absolute Gasteiger partial charge is 0.222 e. The number of rotatable bonds is 3. The van der Waals surface area contributed by atoms with E-state index in [4.69, 9.17) is 4.74 Å². The van der Waals surface area contributed by atoms with Crippen molar-refractivity contribution in [1.82, 2.24) is 4.98 Å². The Balaban J connectivity index is 2.28. The van der Waals surface area contributed by atoms with Gasteiger partial charge in [-0.15, -0.1) is 0 Å². The molecule has 2 aromatic rings. The third kappa shape index (κ3) is 3.10. The molecule has 1 aromatic carbocycles. The van der Waals surface area contributed by atoms with Crippen LogP contribution in [-0.4, -0.2) is 4.98 Å². The summed E-state index contributed by atoms with van der Waals surface area (Å²) in [5, 5.41) is 0.810. The Morgan fingerprint density at radius 2 is 1.72 bits per heavy atom. The van der Waals surface area contributed by atoms with Crippen molar-refractivity contribution in [1.29, 1.82) is 0 Å². The first-order valence-corrected chi connectivity index (χ1v) is 6.98. The number of hydrogen-bond donors (Lipinski definition) is 0. The molecular weight excluding hydrogens is 290 g/mol. The summed E-state index contributed by atoms with van der Waals surface area (Å²) in [5.74, 6) is 1.51. The summed E-state index contributed by atoms with van der Waals surface area (Å²) < 4.78 is 5.84. The number of aromatic nitrogens is 1. The van der Waals surface area contributed by atoms with Crippen molar-refractivity contribution < 1.29 is 4.74 Å². The van der Waals surface area contributed by atoms with E-state index in [1.165, 1.54) is 11.1 Å². The van der Waals surface area contributed by atoms with Gasteiger partial charge in [0.05, 0.1) is 0 Å². The molecule has 0 saturated carbocycles. The van der Waals surface area contributed by atoms with Gasteiger partial charge in [-0.05, 0) is 55.7 Å². The van der Waals surface area contributed by atoms with E-state index in [0.717, 1.165) is 22.2 Å². The summed E-state index contributed by atoms with van der Waals surface area (Å²) in [5.41, 5.74) is 4.59. The third-order valence-corrected chi connectivity index (χ3v) is 3.30. The van der Waals surface area contributed by atoms with Crippen LogP contribution in [0.4, 0.5) is 0 Å². The standard InChI is InChI=1S/C15H16BrNO/c1-10-4-11(2)6-14(5-10)18-15-12(3)7-13(8-16)9-17-15/h4-7,9H,8H2,1-3H3. The zero-order valence-electron chi connectivity index (χ0n) is 10.8. The Labute approximate surface area is 116 Å². The molecule has 0 atom stereocenters. The maximum Gasteiger partial charge on any atom is 0.222 e. The summed E-state index contributed by atoms with van der Waals surface area (Å²) in [7, 11) is 0. The monoisotopic (exact) mass is 305 g/mol. The van der Waals surface area contributed by atoms with Gasteiger partial charge >= 0.3 is 0 Å². The highest BCUT2D eigenvalue weighted by atomic mass is 79.9. The molecule has 0 aliphatic heterocycles. The van der Waals surface area contributed by atoms with Crippen LogP contribution in [-0.2, 0) is 5.33 Å². The molecule has 0 unspecified atom stereocenters. The number of alkyl halides is 1. The zero-order valence-corrected chi connectivity index (χ0v) is 12.4. The molecule has 1 aromatic heterocycles. The second-order valence-electron chi connectivity index (χ2n) is 4.52. The number of hydrogen-bond acceptors (Lipinski definition) is 2. The molecule has 1 heterocycles. The number of halogens is 1. The predicted molar refractivity (Wildman–Crippen MR) is 77.6 cm³/mol. The van der Waals surface area contributed by atoms with Crippen molar-refractivity contribution in [3.63, 3.8) is 0 Å². The lowest BCUT2D eigenvalue weighted by atomic mass is 10.1. The molecule has 0 bridgehead atoms. The Morgan fingerprint density at radius 3 is 2.28 bits per heavy atom. The minimum absolute atomic E-state index is 0.671. The fourth-order valence-electron chi connectivity index (χ4n) is 1.90. The Bertz CT molecular complexity index is 546. The SMILES string of the molecule is Cc1cc(C)cc(Oc2ncc(CBr)cc2C)c1. The number of pyridine rings is 1. The van der Waals surface area contributed by atoms with E-state index < -0.39 is 0 Å². The van der Waals surface area contributed by atoms with Crippen molar-refractivity contribution in [2.75, 3.05) is 0 Å². The third-order valence-electron chi connectivity index (χ3n) is 2.65. The summed E-state index contributed by atoms with van der Waals surface area (Å²) in [6.07, 6.45) is 1.83. The van der Waals surface area contributed by atoms with Gasteiger partial charge < -0.3 is 4.74 Å². The van der Waals surface area contributed by atoms with E-state index in [0.29, 0.717) is 5.88 Å². The van der Waals surface area contributed by atoms with Gasteiger partial charge in [-0.25, -0.2) is 4.98 Å². The van der Waals surface area contributed by atoms with Gasteiger partial charge in [-0.3, -0.25) is 0 Å². The minimum atomic E-state index is 0.671. The second-order valence-corrected chi connectivity index (χ2v) is 5.09. The number of ether oxygens (including phenoxy) is 1. The van der Waals surface area contributed by atoms with Gasteiger partial charge in [0.2, 0.25) is 5.88 Å². The van der Waals surface area contributed by atoms with Crippen LogP contribution in [0.1, 0.15) is 22.3 Å². The summed E-state index contributed by atoms with van der Waals surface area (Å²) >= 11 is 3.42. The van der Waals surface area contributed by atoms with Crippen molar-refractivity contribution in [2.24, 2.45) is 0 Å². The molecule has 0 spiro atoms. The van der Waals surface area contributed by atoms with Gasteiger partial charge in [-0.1, -0.05) is 22.0 Å². The normalized spacial score (nSPS) is 10.4. The van der Waals surface area contributed by atoms with Crippen molar-refractivity contribution in [3.8, 4) is 11.6 Å². The molecule has 0 radical (unpaired) electrons. The maximum atomic E-state index is 5.84. The van der Waals surface area contributed by atoms with Gasteiger partial charge in [0.1, 0.15) is 5.75 Å². The summed E-state index contributed by atoms with van der Waals surface area (Å²) in [6.45, 7) is 6.14. The number of benzene rings is 1. The molecule has 0 N–H and O–H groups in total. The molecule has 94 valence electrons. The maximum absolute atomic E-state index is 5.84. The van der Waals surface area contributed by atoms with Crippen LogP contribution < -0.4 is 4.74 Å². The van der Waals surface area contributed by atoms with Crippen LogP contribution in [0.25, 0.3) is 0 Å². The second kappa shape index (κ2) is 5.53. The zero-order chi connectivity index (χ0) is 13.1. The van der Waals surface area contributed by atoms with E-state index in [1.807, 2.05) is 25.3 Å². The van der Waals surface area contributed by atoms with Crippen LogP contribution in [0, 0.1) is 20.8 Å². The minimum Gasteiger partial charge on any atom is -0.439 e. The number of aryl methyl sites for hydroxylation is 3. The molecular formula is C15H16BrNO. The average molecular weight is 306 g/mol. The molecule has 0 amide bonds. The molecule has 0 aliphatic rings. The van der Waals surface area contributed by atoms with Gasteiger partial charge in [0, 0.05) is 17.1 Å². The topological polar surface area (TPSA) is 22.1 Å². The first-order chi connectivity index (χ1) is 8.58. The molecule has 0 aliphatic carbocycles. The first kappa shape index (κ1) is 13.1. The quantitative estimate of drug-likeness (QED) is 0.767. The van der Waals surface area contributed by atoms with Crippen LogP contribution >= 0.6 is 15.9 Å². The van der Waals surface area contributed by atoms with Crippen molar-refractivity contribution in [2.45, 2.75) is 26.1 Å². The highest BCUT2D eigenvalue weighted by Gasteiger charge is 2.05. The van der Waals surface area contributed by atoms with Crippen LogP contribution in [0.15, 0.2) is 30.5 Å². The molecule has 2 rings (SSSR count). The van der Waals surface area contributed by atoms with Gasteiger partial charge in [0.25, 0.3) is 0 Å². The predicted octanol–water partition coefficient (Wildman–Crippen LogP) is 4.69.